The number of rotatable bonds is 6. The van der Waals surface area contributed by atoms with Crippen molar-refractivity contribution < 1.29 is 9.53 Å². The van der Waals surface area contributed by atoms with Crippen molar-refractivity contribution in [2.24, 2.45) is 0 Å². The van der Waals surface area contributed by atoms with E-state index in [9.17, 15) is 4.79 Å². The first kappa shape index (κ1) is 19.6. The van der Waals surface area contributed by atoms with Gasteiger partial charge in [-0.1, -0.05) is 12.1 Å². The van der Waals surface area contributed by atoms with E-state index in [1.165, 1.54) is 6.33 Å². The number of amides is 1. The molecular formula is C24H20N6O2. The number of hydrogen-bond acceptors (Lipinski definition) is 7. The second-order valence-corrected chi connectivity index (χ2v) is 7.27. The summed E-state index contributed by atoms with van der Waals surface area (Å²) in [5, 5.41) is 6.17. The maximum absolute atomic E-state index is 12.5. The molecular weight excluding hydrogens is 404 g/mol. The topological polar surface area (TPSA) is 102 Å². The third kappa shape index (κ3) is 4.11. The quantitative estimate of drug-likeness (QED) is 0.486. The molecule has 8 heteroatoms. The smallest absolute Gasteiger partial charge is 0.256 e. The number of hydrogen-bond donors (Lipinski definition) is 2. The second-order valence-electron chi connectivity index (χ2n) is 7.27. The van der Waals surface area contributed by atoms with Crippen molar-refractivity contribution in [3.63, 3.8) is 0 Å². The molecule has 3 aromatic heterocycles. The van der Waals surface area contributed by atoms with Crippen molar-refractivity contribution in [3.8, 4) is 16.9 Å². The van der Waals surface area contributed by atoms with Crippen molar-refractivity contribution >= 4 is 17.5 Å². The first-order chi connectivity index (χ1) is 15.8. The zero-order valence-corrected chi connectivity index (χ0v) is 17.2. The highest BCUT2D eigenvalue weighted by molar-refractivity contribution is 6.03. The summed E-state index contributed by atoms with van der Waals surface area (Å²) in [5.41, 5.74) is 4.58. The molecule has 0 bridgehead atoms. The summed E-state index contributed by atoms with van der Waals surface area (Å²) in [7, 11) is 0. The Balaban J connectivity index is 1.32. The summed E-state index contributed by atoms with van der Waals surface area (Å²) in [6.45, 7) is 1.16. The molecule has 32 heavy (non-hydrogen) atoms. The molecule has 8 nitrogen and oxygen atoms in total. The van der Waals surface area contributed by atoms with Crippen LogP contribution in [0.4, 0.5) is 11.6 Å². The van der Waals surface area contributed by atoms with Crippen molar-refractivity contribution in [3.05, 3.63) is 90.3 Å². The van der Waals surface area contributed by atoms with Gasteiger partial charge in [0, 0.05) is 54.4 Å². The van der Waals surface area contributed by atoms with Crippen LogP contribution in [0.2, 0.25) is 0 Å². The van der Waals surface area contributed by atoms with Crippen molar-refractivity contribution in [1.29, 1.82) is 0 Å². The van der Waals surface area contributed by atoms with E-state index in [-0.39, 0.29) is 5.91 Å². The highest BCUT2D eigenvalue weighted by atomic mass is 16.5. The van der Waals surface area contributed by atoms with Crippen LogP contribution in [-0.2, 0) is 13.0 Å². The third-order valence-electron chi connectivity index (χ3n) is 5.19. The summed E-state index contributed by atoms with van der Waals surface area (Å²) in [6.07, 6.45) is 9.12. The Hall–Kier alpha value is -4.33. The van der Waals surface area contributed by atoms with Gasteiger partial charge in [-0.3, -0.25) is 9.78 Å². The van der Waals surface area contributed by atoms with Crippen LogP contribution in [-0.4, -0.2) is 32.4 Å². The maximum atomic E-state index is 12.5. The molecule has 158 valence electrons. The Kier molecular flexibility index (Phi) is 5.40. The Labute approximate surface area is 184 Å². The molecule has 0 atom stereocenters. The fraction of sp³-hybridized carbons (Fsp3) is 0.125. The zero-order chi connectivity index (χ0) is 21.8. The van der Waals surface area contributed by atoms with Crippen LogP contribution in [0, 0.1) is 0 Å². The lowest BCUT2D eigenvalue weighted by molar-refractivity contribution is 0.102. The van der Waals surface area contributed by atoms with Gasteiger partial charge in [0.2, 0.25) is 0 Å². The fourth-order valence-electron chi connectivity index (χ4n) is 3.64. The van der Waals surface area contributed by atoms with Crippen molar-refractivity contribution in [1.82, 2.24) is 19.9 Å². The predicted molar refractivity (Wildman–Crippen MR) is 120 cm³/mol. The number of carbonyl (C=O) groups excluding carboxylic acids is 1. The summed E-state index contributed by atoms with van der Waals surface area (Å²) in [5.74, 6) is 1.90. The van der Waals surface area contributed by atoms with E-state index < -0.39 is 0 Å². The lowest BCUT2D eigenvalue weighted by atomic mass is 10.0. The average Bonchev–Trinajstić information content (AvgIpc) is 3.34. The first-order valence-electron chi connectivity index (χ1n) is 10.2. The Bertz CT molecular complexity index is 1250. The second kappa shape index (κ2) is 8.81. The van der Waals surface area contributed by atoms with Gasteiger partial charge >= 0.3 is 0 Å². The lowest BCUT2D eigenvalue weighted by Crippen LogP contribution is -2.13. The highest BCUT2D eigenvalue weighted by Gasteiger charge is 2.22. The number of fused-ring (bicyclic) bond motifs is 1. The molecule has 2 N–H and O–H groups in total. The monoisotopic (exact) mass is 424 g/mol. The zero-order valence-electron chi connectivity index (χ0n) is 17.2. The summed E-state index contributed by atoms with van der Waals surface area (Å²) in [6, 6.07) is 13.0. The molecule has 4 heterocycles. The summed E-state index contributed by atoms with van der Waals surface area (Å²) >= 11 is 0. The molecule has 4 aromatic rings. The number of anilines is 2. The van der Waals surface area contributed by atoms with E-state index in [2.05, 4.69) is 30.6 Å². The van der Waals surface area contributed by atoms with Gasteiger partial charge in [0.25, 0.3) is 5.91 Å². The minimum atomic E-state index is -0.223. The van der Waals surface area contributed by atoms with Gasteiger partial charge in [-0.25, -0.2) is 15.0 Å². The van der Waals surface area contributed by atoms with E-state index in [0.29, 0.717) is 24.5 Å². The molecule has 0 saturated carbocycles. The molecule has 0 radical (unpaired) electrons. The number of aromatic nitrogens is 4. The number of nitrogens with zero attached hydrogens (tertiary/aromatic N) is 4. The van der Waals surface area contributed by atoms with Gasteiger partial charge in [0.1, 0.15) is 23.7 Å². The average molecular weight is 424 g/mol. The fourth-order valence-corrected chi connectivity index (χ4v) is 3.64. The van der Waals surface area contributed by atoms with Gasteiger partial charge < -0.3 is 15.4 Å². The number of benzene rings is 1. The number of pyridine rings is 2. The van der Waals surface area contributed by atoms with Crippen LogP contribution in [0.25, 0.3) is 11.1 Å². The molecule has 0 saturated heterocycles. The maximum Gasteiger partial charge on any atom is 0.256 e. The molecule has 1 amide bonds. The number of ether oxygens (including phenoxy) is 1. The largest absolute Gasteiger partial charge is 0.492 e. The minimum Gasteiger partial charge on any atom is -0.492 e. The number of nitrogens with one attached hydrogen (secondary N) is 2. The van der Waals surface area contributed by atoms with Crippen molar-refractivity contribution in [2.45, 2.75) is 13.0 Å². The van der Waals surface area contributed by atoms with Gasteiger partial charge in [-0.15, -0.1) is 0 Å². The molecule has 1 aliphatic heterocycles. The number of carbonyl (C=O) groups is 1. The minimum absolute atomic E-state index is 0.223. The van der Waals surface area contributed by atoms with Gasteiger partial charge in [-0.2, -0.15) is 0 Å². The molecule has 5 rings (SSSR count). The van der Waals surface area contributed by atoms with E-state index in [4.69, 9.17) is 4.74 Å². The molecule has 1 aromatic carbocycles. The van der Waals surface area contributed by atoms with E-state index in [1.54, 1.807) is 30.7 Å². The summed E-state index contributed by atoms with van der Waals surface area (Å²) in [4.78, 5) is 29.1. The molecule has 0 fully saturated rings. The Morgan fingerprint density at radius 3 is 2.75 bits per heavy atom. The molecule has 0 aliphatic carbocycles. The SMILES string of the molecule is O=C(Nc1ccncn1)c1cccc(CNc2ncc(-c3ccncc3)c3c2CCO3)c1. The van der Waals surface area contributed by atoms with Crippen LogP contribution >= 0.6 is 0 Å². The lowest BCUT2D eigenvalue weighted by Gasteiger charge is -2.13. The Morgan fingerprint density at radius 1 is 1.03 bits per heavy atom. The van der Waals surface area contributed by atoms with Crippen molar-refractivity contribution in [2.75, 3.05) is 17.2 Å². The molecule has 1 aliphatic rings. The van der Waals surface area contributed by atoms with Gasteiger partial charge in [-0.05, 0) is 41.5 Å². The predicted octanol–water partition coefficient (Wildman–Crippen LogP) is 3.73. The summed E-state index contributed by atoms with van der Waals surface area (Å²) < 4.78 is 5.92. The molecule has 0 unspecified atom stereocenters. The Morgan fingerprint density at radius 2 is 1.91 bits per heavy atom. The van der Waals surface area contributed by atoms with E-state index in [0.717, 1.165) is 40.2 Å². The van der Waals surface area contributed by atoms with Gasteiger partial charge in [0.05, 0.1) is 6.61 Å². The van der Waals surface area contributed by atoms with Crippen LogP contribution in [0.5, 0.6) is 5.75 Å². The highest BCUT2D eigenvalue weighted by Crippen LogP contribution is 2.39. The van der Waals surface area contributed by atoms with E-state index >= 15 is 0 Å². The van der Waals surface area contributed by atoms with Gasteiger partial charge in [0.15, 0.2) is 0 Å². The van der Waals surface area contributed by atoms with E-state index in [1.807, 2.05) is 36.5 Å². The van der Waals surface area contributed by atoms with Crippen LogP contribution < -0.4 is 15.4 Å². The van der Waals surface area contributed by atoms with Crippen LogP contribution in [0.15, 0.2) is 73.6 Å². The normalized spacial score (nSPS) is 12.0. The first-order valence-corrected chi connectivity index (χ1v) is 10.2. The molecule has 0 spiro atoms. The van der Waals surface area contributed by atoms with Crippen LogP contribution in [0.3, 0.4) is 0 Å². The van der Waals surface area contributed by atoms with Crippen LogP contribution in [0.1, 0.15) is 21.5 Å². The standard InChI is InChI=1S/C24H20N6O2/c31-24(30-21-6-10-26-15-29-21)18-3-1-2-16(12-18)13-27-23-19-7-11-32-22(19)20(14-28-23)17-4-8-25-9-5-17/h1-6,8-10,12,14-15H,7,11,13H2,(H,27,28)(H,26,29,30,31). The third-order valence-corrected chi connectivity index (χ3v) is 5.19.